The zero-order valence-electron chi connectivity index (χ0n) is 14.2. The Labute approximate surface area is 155 Å². The van der Waals surface area contributed by atoms with E-state index < -0.39 is 5.66 Å². The van der Waals surface area contributed by atoms with Gasteiger partial charge >= 0.3 is 0 Å². The Hall–Kier alpha value is -2.41. The molecule has 0 unspecified atom stereocenters. The average Bonchev–Trinajstić information content (AvgIpc) is 3.15. The van der Waals surface area contributed by atoms with E-state index in [2.05, 4.69) is 20.9 Å². The molecule has 2 heterocycles. The number of para-hydroxylation sites is 1. The molecule has 0 saturated heterocycles. The lowest BCUT2D eigenvalue weighted by Gasteiger charge is -2.56. The maximum Gasteiger partial charge on any atom is 0.255 e. The minimum absolute atomic E-state index is 0.0147. The van der Waals surface area contributed by atoms with Gasteiger partial charge in [0.05, 0.1) is 5.56 Å². The number of benzene rings is 1. The Bertz CT molecular complexity index is 868. The van der Waals surface area contributed by atoms with Crippen molar-refractivity contribution in [3.8, 4) is 0 Å². The fourth-order valence-electron chi connectivity index (χ4n) is 4.95. The molecule has 7 heteroatoms. The summed E-state index contributed by atoms with van der Waals surface area (Å²) < 4.78 is 0. The molecule has 3 fully saturated rings. The molecule has 2 bridgehead atoms. The summed E-state index contributed by atoms with van der Waals surface area (Å²) in [5.74, 6) is 0.539. The van der Waals surface area contributed by atoms with Crippen LogP contribution >= 0.6 is 11.3 Å². The van der Waals surface area contributed by atoms with E-state index in [1.54, 1.807) is 6.20 Å². The van der Waals surface area contributed by atoms with Crippen molar-refractivity contribution < 1.29 is 9.59 Å². The van der Waals surface area contributed by atoms with E-state index >= 15 is 0 Å². The second kappa shape index (κ2) is 5.81. The minimum atomic E-state index is -0.424. The third-order valence-corrected chi connectivity index (χ3v) is 6.83. The number of hydrogen-bond acceptors (Lipinski definition) is 5. The summed E-state index contributed by atoms with van der Waals surface area (Å²) in [4.78, 5) is 29.5. The van der Waals surface area contributed by atoms with Crippen LogP contribution in [0, 0.1) is 17.8 Å². The first kappa shape index (κ1) is 15.8. The lowest BCUT2D eigenvalue weighted by atomic mass is 9.58. The molecule has 1 spiro atoms. The number of carbonyl (C=O) groups excluding carboxylic acids is 2. The molecule has 1 aromatic heterocycles. The van der Waals surface area contributed by atoms with E-state index in [-0.39, 0.29) is 29.6 Å². The number of amides is 2. The van der Waals surface area contributed by atoms with Gasteiger partial charge in [-0.1, -0.05) is 12.1 Å². The van der Waals surface area contributed by atoms with Crippen LogP contribution in [0.3, 0.4) is 0 Å². The van der Waals surface area contributed by atoms with Gasteiger partial charge in [0.1, 0.15) is 5.66 Å². The van der Waals surface area contributed by atoms with E-state index in [4.69, 9.17) is 0 Å². The third kappa shape index (κ3) is 2.41. The van der Waals surface area contributed by atoms with Crippen LogP contribution in [-0.2, 0) is 4.79 Å². The molecule has 3 N–H and O–H groups in total. The quantitative estimate of drug-likeness (QED) is 0.761. The number of fused-ring (bicyclic) bond motifs is 3. The summed E-state index contributed by atoms with van der Waals surface area (Å²) in [5.41, 5.74) is 1.16. The van der Waals surface area contributed by atoms with Gasteiger partial charge in [-0.15, -0.1) is 11.3 Å². The summed E-state index contributed by atoms with van der Waals surface area (Å²) in [6.07, 6.45) is 5.33. The van der Waals surface area contributed by atoms with Crippen LogP contribution in [0.1, 0.15) is 36.0 Å². The van der Waals surface area contributed by atoms with Gasteiger partial charge in [-0.3, -0.25) is 9.59 Å². The maximum atomic E-state index is 12.7. The zero-order chi connectivity index (χ0) is 17.7. The van der Waals surface area contributed by atoms with Crippen molar-refractivity contribution in [1.29, 1.82) is 0 Å². The van der Waals surface area contributed by atoms with Crippen LogP contribution in [0.15, 0.2) is 35.8 Å². The number of carbonyl (C=O) groups is 2. The number of thiazole rings is 1. The van der Waals surface area contributed by atoms with E-state index in [1.165, 1.54) is 11.3 Å². The monoisotopic (exact) mass is 368 g/mol. The standard InChI is InChI=1S/C19H20N4O2S/c24-16(21-18-20-7-8-26-18)14-9-12-6-5-11(14)10-19(12)22-15-4-2-1-3-13(15)17(25)23-19/h1-4,7-8,11-12,14,22H,5-6,9-10H2,(H,23,25)(H,20,21,24)/t11-,12-,14-,19+/m0/s1. The van der Waals surface area contributed by atoms with E-state index in [9.17, 15) is 9.59 Å². The maximum absolute atomic E-state index is 12.7. The van der Waals surface area contributed by atoms with Gasteiger partial charge in [0.15, 0.2) is 5.13 Å². The lowest BCUT2D eigenvalue weighted by molar-refractivity contribution is -0.126. The average molecular weight is 368 g/mol. The molecule has 134 valence electrons. The number of nitrogens with one attached hydrogen (secondary N) is 3. The van der Waals surface area contributed by atoms with Crippen LogP contribution in [0.4, 0.5) is 10.8 Å². The summed E-state index contributed by atoms with van der Waals surface area (Å²) >= 11 is 1.44. The molecule has 2 aromatic rings. The highest BCUT2D eigenvalue weighted by Gasteiger charge is 2.55. The Morgan fingerprint density at radius 2 is 2.15 bits per heavy atom. The van der Waals surface area contributed by atoms with Gasteiger partial charge in [-0.2, -0.15) is 0 Å². The molecule has 4 atom stereocenters. The normalized spacial score (nSPS) is 31.8. The summed E-state index contributed by atoms with van der Waals surface area (Å²) in [6.45, 7) is 0. The van der Waals surface area contributed by atoms with Crippen LogP contribution in [0.2, 0.25) is 0 Å². The highest BCUT2D eigenvalue weighted by Crippen LogP contribution is 2.52. The van der Waals surface area contributed by atoms with Gasteiger partial charge < -0.3 is 16.0 Å². The molecule has 26 heavy (non-hydrogen) atoms. The van der Waals surface area contributed by atoms with Crippen molar-refractivity contribution in [2.45, 2.75) is 31.3 Å². The number of nitrogens with zero attached hydrogens (tertiary/aromatic N) is 1. The first-order valence-electron chi connectivity index (χ1n) is 9.05. The largest absolute Gasteiger partial charge is 0.362 e. The van der Waals surface area contributed by atoms with Crippen LogP contribution < -0.4 is 16.0 Å². The topological polar surface area (TPSA) is 83.1 Å². The van der Waals surface area contributed by atoms with Crippen molar-refractivity contribution in [1.82, 2.24) is 10.3 Å². The van der Waals surface area contributed by atoms with Crippen LogP contribution in [0.25, 0.3) is 0 Å². The van der Waals surface area contributed by atoms with Gasteiger partial charge in [0.2, 0.25) is 5.91 Å². The second-order valence-corrected chi connectivity index (χ2v) is 8.40. The summed E-state index contributed by atoms with van der Waals surface area (Å²) in [5, 5.41) is 12.3. The van der Waals surface area contributed by atoms with Crippen molar-refractivity contribution in [3.63, 3.8) is 0 Å². The highest BCUT2D eigenvalue weighted by atomic mass is 32.1. The van der Waals surface area contributed by atoms with E-state index in [0.29, 0.717) is 10.7 Å². The predicted octanol–water partition coefficient (Wildman–Crippen LogP) is 3.07. The number of rotatable bonds is 2. The number of anilines is 2. The van der Waals surface area contributed by atoms with Crippen molar-refractivity contribution in [3.05, 3.63) is 41.4 Å². The first-order chi connectivity index (χ1) is 12.6. The predicted molar refractivity (Wildman–Crippen MR) is 99.9 cm³/mol. The Kier molecular flexibility index (Phi) is 3.53. The Morgan fingerprint density at radius 3 is 2.92 bits per heavy atom. The number of aromatic nitrogens is 1. The second-order valence-electron chi connectivity index (χ2n) is 7.50. The molecular formula is C19H20N4O2S. The molecule has 1 aliphatic heterocycles. The molecule has 4 aliphatic rings. The summed E-state index contributed by atoms with van der Waals surface area (Å²) in [7, 11) is 0. The van der Waals surface area contributed by atoms with Crippen LogP contribution in [0.5, 0.6) is 0 Å². The van der Waals surface area contributed by atoms with Gasteiger partial charge in [-0.05, 0) is 43.7 Å². The first-order valence-corrected chi connectivity index (χ1v) is 9.93. The van der Waals surface area contributed by atoms with Crippen molar-refractivity contribution in [2.75, 3.05) is 10.6 Å². The van der Waals surface area contributed by atoms with E-state index in [0.717, 1.165) is 31.4 Å². The molecule has 3 saturated carbocycles. The fraction of sp³-hybridized carbons (Fsp3) is 0.421. The Morgan fingerprint density at radius 1 is 1.27 bits per heavy atom. The van der Waals surface area contributed by atoms with Crippen molar-refractivity contribution in [2.24, 2.45) is 17.8 Å². The van der Waals surface area contributed by atoms with Crippen molar-refractivity contribution >= 4 is 34.0 Å². The van der Waals surface area contributed by atoms with Gasteiger partial charge in [0.25, 0.3) is 5.91 Å². The molecular weight excluding hydrogens is 348 g/mol. The fourth-order valence-corrected chi connectivity index (χ4v) is 5.48. The molecule has 3 aliphatic carbocycles. The molecule has 6 rings (SSSR count). The molecule has 1 aromatic carbocycles. The van der Waals surface area contributed by atoms with E-state index in [1.807, 2.05) is 29.6 Å². The molecule has 6 nitrogen and oxygen atoms in total. The zero-order valence-corrected chi connectivity index (χ0v) is 15.0. The number of hydrogen-bond donors (Lipinski definition) is 3. The lowest BCUT2D eigenvalue weighted by Crippen LogP contribution is -2.67. The Balaban J connectivity index is 1.38. The third-order valence-electron chi connectivity index (χ3n) is 6.14. The SMILES string of the molecule is O=C1N[C@@]2(C[C@@H]3CC[C@H]2C[C@@H]3C(=O)Nc2nccs2)Nc2ccccc21. The minimum Gasteiger partial charge on any atom is -0.362 e. The highest BCUT2D eigenvalue weighted by molar-refractivity contribution is 7.13. The molecule has 0 radical (unpaired) electrons. The summed E-state index contributed by atoms with van der Waals surface area (Å²) in [6, 6.07) is 7.63. The van der Waals surface area contributed by atoms with Crippen LogP contribution in [-0.4, -0.2) is 22.5 Å². The smallest absolute Gasteiger partial charge is 0.255 e. The van der Waals surface area contributed by atoms with Gasteiger partial charge in [0, 0.05) is 29.1 Å². The van der Waals surface area contributed by atoms with Gasteiger partial charge in [-0.25, -0.2) is 4.98 Å². The molecule has 2 amide bonds.